The fraction of sp³-hybridized carbons (Fsp3) is 0.125. The van der Waals surface area contributed by atoms with Gasteiger partial charge in [-0.25, -0.2) is 0 Å². The number of benzene rings is 3. The molecule has 3 aromatic carbocycles. The third-order valence-corrected chi connectivity index (χ3v) is 5.48. The minimum atomic E-state index is -0.657. The second kappa shape index (κ2) is 10.3. The number of nitrogens with zero attached hydrogens (tertiary/aromatic N) is 3. The van der Waals surface area contributed by atoms with Gasteiger partial charge < -0.3 is 24.1 Å². The van der Waals surface area contributed by atoms with Gasteiger partial charge in [-0.15, -0.1) is 0 Å². The quantitative estimate of drug-likeness (QED) is 0.249. The molecular formula is C24H19ClN4O7. The maximum atomic E-state index is 12.8. The summed E-state index contributed by atoms with van der Waals surface area (Å²) in [4.78, 5) is 27.8. The Kier molecular flexibility index (Phi) is 7.02. The standard InChI is InChI=1S/C24H19ClN4O7/c1-33-19-11-14(12-20(34-2)21(19)35-3)22-27-24(36-28-22)15-6-4-5-7-17(15)26-23(30)13-8-9-16(25)18(10-13)29(31)32/h4-12H,1-3H3,(H,26,30). The molecule has 0 saturated carbocycles. The molecule has 1 N–H and O–H groups in total. The number of amides is 1. The number of rotatable bonds is 8. The molecule has 0 saturated heterocycles. The van der Waals surface area contributed by atoms with Crippen molar-refractivity contribution in [1.29, 1.82) is 0 Å². The summed E-state index contributed by atoms with van der Waals surface area (Å²) in [5, 5.41) is 17.9. The van der Waals surface area contributed by atoms with Crippen molar-refractivity contribution in [2.75, 3.05) is 26.6 Å². The number of ether oxygens (including phenoxy) is 3. The van der Waals surface area contributed by atoms with E-state index in [-0.39, 0.29) is 28.0 Å². The Balaban J connectivity index is 1.66. The van der Waals surface area contributed by atoms with Gasteiger partial charge in [0.1, 0.15) is 5.02 Å². The Morgan fingerprint density at radius 2 is 1.72 bits per heavy atom. The van der Waals surface area contributed by atoms with E-state index in [9.17, 15) is 14.9 Å². The lowest BCUT2D eigenvalue weighted by molar-refractivity contribution is -0.384. The normalized spacial score (nSPS) is 10.6. The first-order valence-electron chi connectivity index (χ1n) is 10.3. The van der Waals surface area contributed by atoms with Gasteiger partial charge in [0, 0.05) is 17.2 Å². The van der Waals surface area contributed by atoms with Crippen LogP contribution in [0.1, 0.15) is 10.4 Å². The third-order valence-electron chi connectivity index (χ3n) is 5.16. The fourth-order valence-electron chi connectivity index (χ4n) is 3.43. The summed E-state index contributed by atoms with van der Waals surface area (Å²) >= 11 is 5.85. The molecule has 1 aromatic heterocycles. The molecule has 0 aliphatic rings. The van der Waals surface area contributed by atoms with Crippen molar-refractivity contribution < 1.29 is 28.5 Å². The first-order valence-corrected chi connectivity index (χ1v) is 10.7. The van der Waals surface area contributed by atoms with Gasteiger partial charge in [-0.2, -0.15) is 4.98 Å². The minimum Gasteiger partial charge on any atom is -0.493 e. The fourth-order valence-corrected chi connectivity index (χ4v) is 3.61. The van der Waals surface area contributed by atoms with E-state index in [0.29, 0.717) is 34.1 Å². The molecule has 0 bridgehead atoms. The number of anilines is 1. The van der Waals surface area contributed by atoms with Crippen molar-refractivity contribution in [2.24, 2.45) is 0 Å². The molecule has 12 heteroatoms. The summed E-state index contributed by atoms with van der Waals surface area (Å²) in [6.45, 7) is 0. The summed E-state index contributed by atoms with van der Waals surface area (Å²) in [5.41, 5.74) is 1.05. The molecule has 0 spiro atoms. The van der Waals surface area contributed by atoms with E-state index in [1.807, 2.05) is 0 Å². The number of carbonyl (C=O) groups excluding carboxylic acids is 1. The predicted octanol–water partition coefficient (Wildman–Crippen LogP) is 5.24. The Hall–Kier alpha value is -4.64. The zero-order valence-electron chi connectivity index (χ0n) is 19.3. The molecule has 4 rings (SSSR count). The molecule has 1 heterocycles. The van der Waals surface area contributed by atoms with E-state index >= 15 is 0 Å². The van der Waals surface area contributed by atoms with Crippen molar-refractivity contribution in [3.05, 3.63) is 75.3 Å². The number of carbonyl (C=O) groups is 1. The van der Waals surface area contributed by atoms with Crippen LogP contribution in [0.25, 0.3) is 22.8 Å². The van der Waals surface area contributed by atoms with Crippen LogP contribution in [0, 0.1) is 10.1 Å². The topological polar surface area (TPSA) is 139 Å². The number of aromatic nitrogens is 2. The second-order valence-corrected chi connectivity index (χ2v) is 7.67. The average molecular weight is 511 g/mol. The number of halogens is 1. The zero-order valence-corrected chi connectivity index (χ0v) is 20.0. The monoisotopic (exact) mass is 510 g/mol. The molecule has 1 amide bonds. The summed E-state index contributed by atoms with van der Waals surface area (Å²) in [5.74, 6) is 1.07. The van der Waals surface area contributed by atoms with Crippen LogP contribution >= 0.6 is 11.6 Å². The molecule has 0 fully saturated rings. The van der Waals surface area contributed by atoms with E-state index in [1.54, 1.807) is 36.4 Å². The highest BCUT2D eigenvalue weighted by Crippen LogP contribution is 2.41. The van der Waals surface area contributed by atoms with Crippen LogP contribution in [0.5, 0.6) is 17.2 Å². The van der Waals surface area contributed by atoms with Crippen LogP contribution in [-0.2, 0) is 0 Å². The van der Waals surface area contributed by atoms with E-state index in [4.69, 9.17) is 30.3 Å². The molecule has 4 aromatic rings. The maximum absolute atomic E-state index is 12.8. The van der Waals surface area contributed by atoms with Gasteiger partial charge in [0.2, 0.25) is 11.6 Å². The van der Waals surface area contributed by atoms with E-state index < -0.39 is 10.8 Å². The first-order chi connectivity index (χ1) is 17.4. The zero-order chi connectivity index (χ0) is 25.8. The molecule has 0 unspecified atom stereocenters. The van der Waals surface area contributed by atoms with Crippen molar-refractivity contribution in [1.82, 2.24) is 10.1 Å². The van der Waals surface area contributed by atoms with E-state index in [1.165, 1.54) is 33.5 Å². The van der Waals surface area contributed by atoms with Crippen LogP contribution < -0.4 is 19.5 Å². The second-order valence-electron chi connectivity index (χ2n) is 7.26. The molecule has 184 valence electrons. The number of hydrogen-bond donors (Lipinski definition) is 1. The van der Waals surface area contributed by atoms with Gasteiger partial charge in [0.25, 0.3) is 17.5 Å². The highest BCUT2D eigenvalue weighted by Gasteiger charge is 2.21. The summed E-state index contributed by atoms with van der Waals surface area (Å²) < 4.78 is 21.6. The van der Waals surface area contributed by atoms with Crippen molar-refractivity contribution in [3.63, 3.8) is 0 Å². The lowest BCUT2D eigenvalue weighted by Gasteiger charge is -2.12. The molecule has 0 atom stereocenters. The SMILES string of the molecule is COc1cc(-c2noc(-c3ccccc3NC(=O)c3ccc(Cl)c([N+](=O)[O-])c3)n2)cc(OC)c1OC. The number of hydrogen-bond acceptors (Lipinski definition) is 9. The summed E-state index contributed by atoms with van der Waals surface area (Å²) in [6, 6.07) is 13.9. The highest BCUT2D eigenvalue weighted by molar-refractivity contribution is 6.32. The van der Waals surface area contributed by atoms with Gasteiger partial charge in [-0.1, -0.05) is 28.9 Å². The van der Waals surface area contributed by atoms with Crippen molar-refractivity contribution in [3.8, 4) is 40.1 Å². The van der Waals surface area contributed by atoms with Crippen LogP contribution in [0.2, 0.25) is 5.02 Å². The molecule has 0 aliphatic heterocycles. The number of methoxy groups -OCH3 is 3. The lowest BCUT2D eigenvalue weighted by Crippen LogP contribution is -2.13. The van der Waals surface area contributed by atoms with E-state index in [2.05, 4.69) is 15.5 Å². The molecule has 0 aliphatic carbocycles. The lowest BCUT2D eigenvalue weighted by atomic mass is 10.1. The number of nitro groups is 1. The smallest absolute Gasteiger partial charge is 0.288 e. The van der Waals surface area contributed by atoms with Crippen LogP contribution in [0.3, 0.4) is 0 Å². The third kappa shape index (κ3) is 4.77. The van der Waals surface area contributed by atoms with Gasteiger partial charge in [0.15, 0.2) is 11.5 Å². The minimum absolute atomic E-state index is 0.0598. The van der Waals surface area contributed by atoms with Gasteiger partial charge in [0.05, 0.1) is 37.5 Å². The number of nitro benzene ring substituents is 1. The number of nitrogens with one attached hydrogen (secondary N) is 1. The van der Waals surface area contributed by atoms with Gasteiger partial charge >= 0.3 is 0 Å². The average Bonchev–Trinajstić information content (AvgIpc) is 3.38. The highest BCUT2D eigenvalue weighted by atomic mass is 35.5. The van der Waals surface area contributed by atoms with Crippen LogP contribution in [-0.4, -0.2) is 42.3 Å². The van der Waals surface area contributed by atoms with Crippen LogP contribution in [0.15, 0.2) is 59.1 Å². The Bertz CT molecular complexity index is 1430. The Labute approximate surface area is 209 Å². The largest absolute Gasteiger partial charge is 0.493 e. The van der Waals surface area contributed by atoms with Gasteiger partial charge in [-0.3, -0.25) is 14.9 Å². The number of para-hydroxylation sites is 1. The molecule has 36 heavy (non-hydrogen) atoms. The Morgan fingerprint density at radius 1 is 1.03 bits per heavy atom. The molecular weight excluding hydrogens is 492 g/mol. The molecule has 0 radical (unpaired) electrons. The maximum Gasteiger partial charge on any atom is 0.288 e. The van der Waals surface area contributed by atoms with Crippen molar-refractivity contribution >= 4 is 28.9 Å². The van der Waals surface area contributed by atoms with Crippen molar-refractivity contribution in [2.45, 2.75) is 0 Å². The molecule has 11 nitrogen and oxygen atoms in total. The summed E-state index contributed by atoms with van der Waals surface area (Å²) in [6.07, 6.45) is 0. The van der Waals surface area contributed by atoms with E-state index in [0.717, 1.165) is 6.07 Å². The van der Waals surface area contributed by atoms with Gasteiger partial charge in [-0.05, 0) is 36.4 Å². The first kappa shape index (κ1) is 24.5. The van der Waals surface area contributed by atoms with Crippen LogP contribution in [0.4, 0.5) is 11.4 Å². The Morgan fingerprint density at radius 3 is 2.36 bits per heavy atom. The predicted molar refractivity (Wildman–Crippen MR) is 131 cm³/mol. The summed E-state index contributed by atoms with van der Waals surface area (Å²) in [7, 11) is 4.49.